The molecule has 10 heteroatoms. The number of hydrogen-bond acceptors (Lipinski definition) is 5. The van der Waals surface area contributed by atoms with Gasteiger partial charge in [-0.05, 0) is 43.7 Å². The van der Waals surface area contributed by atoms with Gasteiger partial charge in [0, 0.05) is 40.5 Å². The number of nitriles is 1. The molecular weight excluding hydrogens is 491 g/mol. The van der Waals surface area contributed by atoms with E-state index in [2.05, 4.69) is 22.1 Å². The Morgan fingerprint density at radius 1 is 1.19 bits per heavy atom. The molecule has 6 nitrogen and oxygen atoms in total. The summed E-state index contributed by atoms with van der Waals surface area (Å²) < 4.78 is 43.6. The SMILES string of the molecule is CC(=Cc1c(F)cc(C(=O)Nc2nc(-c3cccc(C#CCCCC#N)c3F)cs2)cc1F)C(=O)O. The maximum atomic E-state index is 14.9. The molecule has 3 aromatic rings. The number of hydrogen-bond donors (Lipinski definition) is 2. The molecule has 182 valence electrons. The van der Waals surface area contributed by atoms with Crippen molar-refractivity contribution in [2.45, 2.75) is 26.2 Å². The molecule has 2 N–H and O–H groups in total. The Balaban J connectivity index is 1.78. The van der Waals surface area contributed by atoms with E-state index in [-0.39, 0.29) is 33.1 Å². The summed E-state index contributed by atoms with van der Waals surface area (Å²) in [6.07, 6.45) is 2.26. The van der Waals surface area contributed by atoms with Crippen LogP contribution in [0.1, 0.15) is 47.7 Å². The summed E-state index contributed by atoms with van der Waals surface area (Å²) in [5.74, 6) is 0.588. The van der Waals surface area contributed by atoms with Crippen LogP contribution >= 0.6 is 11.3 Å². The van der Waals surface area contributed by atoms with Gasteiger partial charge in [0.05, 0.1) is 17.3 Å². The van der Waals surface area contributed by atoms with Crippen molar-refractivity contribution in [3.63, 3.8) is 0 Å². The average molecular weight is 510 g/mol. The van der Waals surface area contributed by atoms with Crippen molar-refractivity contribution in [3.05, 3.63) is 75.4 Å². The van der Waals surface area contributed by atoms with Gasteiger partial charge in [0.1, 0.15) is 17.5 Å². The number of carboxylic acids is 1. The number of benzene rings is 2. The van der Waals surface area contributed by atoms with Gasteiger partial charge in [-0.3, -0.25) is 10.1 Å². The molecule has 0 aliphatic carbocycles. The Bertz CT molecular complexity index is 1440. The third-order valence-electron chi connectivity index (χ3n) is 4.85. The number of carbonyl (C=O) groups excluding carboxylic acids is 1. The summed E-state index contributed by atoms with van der Waals surface area (Å²) in [5, 5.41) is 21.5. The lowest BCUT2D eigenvalue weighted by molar-refractivity contribution is -0.132. The Morgan fingerprint density at radius 3 is 2.58 bits per heavy atom. The first kappa shape index (κ1) is 26.2. The van der Waals surface area contributed by atoms with Crippen LogP contribution in [0.15, 0.2) is 41.3 Å². The number of rotatable bonds is 7. The highest BCUT2D eigenvalue weighted by Crippen LogP contribution is 2.29. The molecule has 0 bridgehead atoms. The quantitative estimate of drug-likeness (QED) is 0.231. The van der Waals surface area contributed by atoms with Crippen molar-refractivity contribution in [1.29, 1.82) is 5.26 Å². The van der Waals surface area contributed by atoms with E-state index in [9.17, 15) is 22.8 Å². The smallest absolute Gasteiger partial charge is 0.331 e. The van der Waals surface area contributed by atoms with Crippen molar-refractivity contribution in [2.24, 2.45) is 0 Å². The molecule has 0 aliphatic heterocycles. The monoisotopic (exact) mass is 509 g/mol. The lowest BCUT2D eigenvalue weighted by Gasteiger charge is -2.06. The second-order valence-electron chi connectivity index (χ2n) is 7.46. The first-order chi connectivity index (χ1) is 17.2. The highest BCUT2D eigenvalue weighted by atomic mass is 32.1. The number of thiazole rings is 1. The second kappa shape index (κ2) is 11.8. The van der Waals surface area contributed by atoms with Crippen LogP contribution in [0, 0.1) is 40.6 Å². The Hall–Kier alpha value is -4.41. The van der Waals surface area contributed by atoms with Crippen molar-refractivity contribution in [1.82, 2.24) is 4.98 Å². The second-order valence-corrected chi connectivity index (χ2v) is 8.32. The minimum atomic E-state index is -1.33. The maximum absolute atomic E-state index is 14.9. The van der Waals surface area contributed by atoms with Crippen LogP contribution in [0.5, 0.6) is 0 Å². The number of nitrogens with one attached hydrogen (secondary N) is 1. The fourth-order valence-corrected chi connectivity index (χ4v) is 3.70. The van der Waals surface area contributed by atoms with Gasteiger partial charge in [-0.2, -0.15) is 5.26 Å². The molecular formula is C26H18F3N3O3S. The number of nitrogens with zero attached hydrogens (tertiary/aromatic N) is 2. The number of amides is 1. The Labute approximate surface area is 208 Å². The number of carbonyl (C=O) groups is 2. The number of anilines is 1. The molecule has 0 aliphatic rings. The molecule has 0 saturated carbocycles. The summed E-state index contributed by atoms with van der Waals surface area (Å²) in [6.45, 7) is 1.18. The highest BCUT2D eigenvalue weighted by molar-refractivity contribution is 7.14. The zero-order valence-corrected chi connectivity index (χ0v) is 19.7. The zero-order chi connectivity index (χ0) is 26.2. The fourth-order valence-electron chi connectivity index (χ4n) is 3.00. The number of halogens is 3. The third-order valence-corrected chi connectivity index (χ3v) is 5.61. The lowest BCUT2D eigenvalue weighted by Crippen LogP contribution is -2.13. The van der Waals surface area contributed by atoms with Crippen molar-refractivity contribution >= 4 is 34.4 Å². The maximum Gasteiger partial charge on any atom is 0.331 e. The number of aromatic nitrogens is 1. The van der Waals surface area contributed by atoms with Crippen LogP contribution in [0.4, 0.5) is 18.3 Å². The van der Waals surface area contributed by atoms with Gasteiger partial charge in [-0.15, -0.1) is 11.3 Å². The number of carboxylic acid groups (broad SMARTS) is 1. The molecule has 0 atom stereocenters. The van der Waals surface area contributed by atoms with Gasteiger partial charge in [0.25, 0.3) is 5.91 Å². The van der Waals surface area contributed by atoms with Gasteiger partial charge in [-0.1, -0.05) is 17.9 Å². The molecule has 36 heavy (non-hydrogen) atoms. The highest BCUT2D eigenvalue weighted by Gasteiger charge is 2.18. The third kappa shape index (κ3) is 6.38. The fraction of sp³-hybridized carbons (Fsp3) is 0.154. The van der Waals surface area contributed by atoms with Gasteiger partial charge in [0.2, 0.25) is 0 Å². The van der Waals surface area contributed by atoms with Gasteiger partial charge in [0.15, 0.2) is 5.13 Å². The molecule has 0 fully saturated rings. The van der Waals surface area contributed by atoms with Crippen LogP contribution in [-0.2, 0) is 4.79 Å². The molecule has 2 aromatic carbocycles. The molecule has 0 radical (unpaired) electrons. The van der Waals surface area contributed by atoms with Crippen LogP contribution in [-0.4, -0.2) is 22.0 Å². The predicted molar refractivity (Wildman–Crippen MR) is 129 cm³/mol. The van der Waals surface area contributed by atoms with Crippen molar-refractivity contribution < 1.29 is 27.9 Å². The Kier molecular flexibility index (Phi) is 8.61. The van der Waals surface area contributed by atoms with E-state index >= 15 is 0 Å². The van der Waals surface area contributed by atoms with E-state index in [1.807, 2.05) is 6.07 Å². The van der Waals surface area contributed by atoms with E-state index < -0.39 is 34.9 Å². The summed E-state index contributed by atoms with van der Waals surface area (Å²) in [6, 6.07) is 8.22. The molecule has 0 spiro atoms. The topological polar surface area (TPSA) is 103 Å². The minimum Gasteiger partial charge on any atom is -0.478 e. The normalized spacial score (nSPS) is 10.8. The lowest BCUT2D eigenvalue weighted by atomic mass is 10.1. The molecule has 1 amide bonds. The summed E-state index contributed by atoms with van der Waals surface area (Å²) >= 11 is 0.993. The van der Waals surface area contributed by atoms with E-state index in [0.29, 0.717) is 19.3 Å². The van der Waals surface area contributed by atoms with E-state index in [4.69, 9.17) is 10.4 Å². The molecule has 3 rings (SSSR count). The van der Waals surface area contributed by atoms with Crippen LogP contribution in [0.3, 0.4) is 0 Å². The number of unbranched alkanes of at least 4 members (excludes halogenated alkanes) is 2. The summed E-state index contributed by atoms with van der Waals surface area (Å²) in [5.41, 5.74) is -0.623. The first-order valence-electron chi connectivity index (χ1n) is 10.5. The van der Waals surface area contributed by atoms with Gasteiger partial charge >= 0.3 is 5.97 Å². The molecule has 1 heterocycles. The largest absolute Gasteiger partial charge is 0.478 e. The van der Waals surface area contributed by atoms with E-state index in [1.54, 1.807) is 6.07 Å². The summed E-state index contributed by atoms with van der Waals surface area (Å²) in [4.78, 5) is 27.6. The average Bonchev–Trinajstić information content (AvgIpc) is 3.29. The minimum absolute atomic E-state index is 0.0777. The standard InChI is InChI=1S/C26H18F3N3O3S/c1-15(25(34)35)11-19-20(27)12-17(13-21(19)28)24(33)32-26-31-22(14-36-26)18-9-6-8-16(23(18)29)7-4-2-3-5-10-30/h6,8-9,11-14H,2-3,5H2,1H3,(H,34,35)(H,31,32,33). The van der Waals surface area contributed by atoms with E-state index in [0.717, 1.165) is 29.5 Å². The number of aliphatic carboxylic acids is 1. The van der Waals surface area contributed by atoms with Crippen molar-refractivity contribution in [2.75, 3.05) is 5.32 Å². The predicted octanol–water partition coefficient (Wildman–Crippen LogP) is 6.01. The Morgan fingerprint density at radius 2 is 1.92 bits per heavy atom. The van der Waals surface area contributed by atoms with Gasteiger partial charge in [-0.25, -0.2) is 22.9 Å². The molecule has 0 saturated heterocycles. The zero-order valence-electron chi connectivity index (χ0n) is 18.9. The van der Waals surface area contributed by atoms with E-state index in [1.165, 1.54) is 24.4 Å². The van der Waals surface area contributed by atoms with Crippen molar-refractivity contribution in [3.8, 4) is 29.2 Å². The van der Waals surface area contributed by atoms with Crippen LogP contribution in [0.25, 0.3) is 17.3 Å². The molecule has 0 unspecified atom stereocenters. The molecule has 1 aromatic heterocycles. The first-order valence-corrected chi connectivity index (χ1v) is 11.4. The van der Waals surface area contributed by atoms with Crippen LogP contribution < -0.4 is 5.32 Å². The van der Waals surface area contributed by atoms with Gasteiger partial charge < -0.3 is 5.11 Å². The van der Waals surface area contributed by atoms with Crippen LogP contribution in [0.2, 0.25) is 0 Å². The summed E-state index contributed by atoms with van der Waals surface area (Å²) in [7, 11) is 0.